The average molecular weight is 289 g/mol. The van der Waals surface area contributed by atoms with Crippen molar-refractivity contribution in [1.29, 1.82) is 0 Å². The van der Waals surface area contributed by atoms with Gasteiger partial charge in [0.2, 0.25) is 0 Å². The molecule has 1 aliphatic rings. The van der Waals surface area contributed by atoms with Crippen molar-refractivity contribution in [1.82, 2.24) is 15.1 Å². The van der Waals surface area contributed by atoms with Crippen molar-refractivity contribution < 1.29 is 0 Å². The molecule has 0 spiro atoms. The molecule has 1 aliphatic heterocycles. The van der Waals surface area contributed by atoms with Gasteiger partial charge in [-0.1, -0.05) is 51.1 Å². The van der Waals surface area contributed by atoms with Crippen molar-refractivity contribution >= 4 is 0 Å². The molecule has 0 bridgehead atoms. The molecular formula is C18H31N3. The predicted molar refractivity (Wildman–Crippen MR) is 90.5 cm³/mol. The van der Waals surface area contributed by atoms with Gasteiger partial charge in [0.1, 0.15) is 0 Å². The van der Waals surface area contributed by atoms with E-state index < -0.39 is 0 Å². The maximum atomic E-state index is 3.59. The Morgan fingerprint density at radius 2 is 1.71 bits per heavy atom. The largest absolute Gasteiger partial charge is 0.313 e. The minimum Gasteiger partial charge on any atom is -0.313 e. The summed E-state index contributed by atoms with van der Waals surface area (Å²) in [7, 11) is 0. The molecule has 1 aromatic rings. The molecule has 1 N–H and O–H groups in total. The summed E-state index contributed by atoms with van der Waals surface area (Å²) in [4.78, 5) is 5.24. The van der Waals surface area contributed by atoms with E-state index in [1.807, 2.05) is 0 Å². The number of piperazine rings is 1. The van der Waals surface area contributed by atoms with Gasteiger partial charge in [-0.15, -0.1) is 0 Å². The Balaban J connectivity index is 1.76. The van der Waals surface area contributed by atoms with E-state index in [0.717, 1.165) is 13.1 Å². The van der Waals surface area contributed by atoms with Gasteiger partial charge in [-0.05, 0) is 12.0 Å². The van der Waals surface area contributed by atoms with Gasteiger partial charge in [0, 0.05) is 51.4 Å². The van der Waals surface area contributed by atoms with Crippen LogP contribution in [0.5, 0.6) is 0 Å². The van der Waals surface area contributed by atoms with E-state index in [4.69, 9.17) is 0 Å². The van der Waals surface area contributed by atoms with Crippen LogP contribution in [0.4, 0.5) is 0 Å². The lowest BCUT2D eigenvalue weighted by atomic mass is 10.1. The van der Waals surface area contributed by atoms with Crippen LogP contribution in [0.3, 0.4) is 0 Å². The van der Waals surface area contributed by atoms with E-state index in [9.17, 15) is 0 Å². The van der Waals surface area contributed by atoms with E-state index in [2.05, 4.69) is 66.2 Å². The van der Waals surface area contributed by atoms with Crippen LogP contribution in [-0.2, 0) is 6.54 Å². The number of nitrogens with zero attached hydrogens (tertiary/aromatic N) is 2. The minimum atomic E-state index is 0.582. The van der Waals surface area contributed by atoms with Crippen molar-refractivity contribution in [3.05, 3.63) is 35.9 Å². The number of benzene rings is 1. The summed E-state index contributed by atoms with van der Waals surface area (Å²) in [5, 5.41) is 3.59. The van der Waals surface area contributed by atoms with Crippen molar-refractivity contribution in [2.75, 3.05) is 32.7 Å². The van der Waals surface area contributed by atoms with Crippen molar-refractivity contribution in [2.45, 2.75) is 45.8 Å². The number of nitrogens with one attached hydrogen (secondary N) is 1. The lowest BCUT2D eigenvalue weighted by molar-refractivity contribution is 0.0884. The lowest BCUT2D eigenvalue weighted by Crippen LogP contribution is -2.52. The molecule has 1 heterocycles. The highest BCUT2D eigenvalue weighted by Gasteiger charge is 2.22. The predicted octanol–water partition coefficient (Wildman–Crippen LogP) is 2.58. The summed E-state index contributed by atoms with van der Waals surface area (Å²) < 4.78 is 0. The standard InChI is InChI=1S/C18H31N3/c1-4-18(14-19-16(2)3)21-12-10-20(11-13-21)15-17-8-6-5-7-9-17/h5-9,16,18-19H,4,10-15H2,1-3H3. The molecule has 0 aromatic heterocycles. The van der Waals surface area contributed by atoms with Gasteiger partial charge in [0.25, 0.3) is 0 Å². The first-order valence-corrected chi connectivity index (χ1v) is 8.42. The molecule has 1 unspecified atom stereocenters. The third kappa shape index (κ3) is 5.42. The Morgan fingerprint density at radius 1 is 1.05 bits per heavy atom. The summed E-state index contributed by atoms with van der Waals surface area (Å²) >= 11 is 0. The fourth-order valence-corrected chi connectivity index (χ4v) is 3.03. The fraction of sp³-hybridized carbons (Fsp3) is 0.667. The van der Waals surface area contributed by atoms with Gasteiger partial charge in [-0.25, -0.2) is 0 Å². The molecule has 1 aromatic carbocycles. The normalized spacial score (nSPS) is 19.0. The molecule has 2 rings (SSSR count). The van der Waals surface area contributed by atoms with Crippen molar-refractivity contribution in [2.24, 2.45) is 0 Å². The van der Waals surface area contributed by atoms with E-state index in [1.165, 1.54) is 38.2 Å². The summed E-state index contributed by atoms with van der Waals surface area (Å²) in [6.45, 7) is 13.7. The van der Waals surface area contributed by atoms with Crippen LogP contribution in [-0.4, -0.2) is 54.6 Å². The average Bonchev–Trinajstić information content (AvgIpc) is 2.50. The van der Waals surface area contributed by atoms with Gasteiger partial charge in [-0.2, -0.15) is 0 Å². The maximum Gasteiger partial charge on any atom is 0.0234 e. The zero-order valence-electron chi connectivity index (χ0n) is 13.9. The third-order valence-corrected chi connectivity index (χ3v) is 4.41. The molecular weight excluding hydrogens is 258 g/mol. The quantitative estimate of drug-likeness (QED) is 0.832. The Kier molecular flexibility index (Phi) is 6.68. The van der Waals surface area contributed by atoms with Gasteiger partial charge < -0.3 is 5.32 Å². The summed E-state index contributed by atoms with van der Waals surface area (Å²) in [6.07, 6.45) is 1.23. The van der Waals surface area contributed by atoms with Gasteiger partial charge >= 0.3 is 0 Å². The van der Waals surface area contributed by atoms with Gasteiger partial charge in [0.15, 0.2) is 0 Å². The van der Waals surface area contributed by atoms with Crippen LogP contribution >= 0.6 is 0 Å². The Hall–Kier alpha value is -0.900. The highest BCUT2D eigenvalue weighted by molar-refractivity contribution is 5.14. The zero-order chi connectivity index (χ0) is 15.1. The van der Waals surface area contributed by atoms with Crippen LogP contribution in [0.25, 0.3) is 0 Å². The second-order valence-corrected chi connectivity index (χ2v) is 6.42. The molecule has 1 fully saturated rings. The minimum absolute atomic E-state index is 0.582. The summed E-state index contributed by atoms with van der Waals surface area (Å²) in [5.41, 5.74) is 1.43. The molecule has 3 nitrogen and oxygen atoms in total. The third-order valence-electron chi connectivity index (χ3n) is 4.41. The van der Waals surface area contributed by atoms with Crippen molar-refractivity contribution in [3.63, 3.8) is 0 Å². The maximum absolute atomic E-state index is 3.59. The molecule has 0 aliphatic carbocycles. The Labute approximate surface area is 130 Å². The number of hydrogen-bond donors (Lipinski definition) is 1. The van der Waals surface area contributed by atoms with Gasteiger partial charge in [0.05, 0.1) is 0 Å². The first-order chi connectivity index (χ1) is 10.2. The monoisotopic (exact) mass is 289 g/mol. The Morgan fingerprint density at radius 3 is 2.29 bits per heavy atom. The summed E-state index contributed by atoms with van der Waals surface area (Å²) in [5.74, 6) is 0. The topological polar surface area (TPSA) is 18.5 Å². The second-order valence-electron chi connectivity index (χ2n) is 6.42. The highest BCUT2D eigenvalue weighted by Crippen LogP contribution is 2.12. The summed E-state index contributed by atoms with van der Waals surface area (Å²) in [6, 6.07) is 12.1. The van der Waals surface area contributed by atoms with E-state index in [1.54, 1.807) is 0 Å². The Bertz CT molecular complexity index is 383. The molecule has 0 radical (unpaired) electrons. The SMILES string of the molecule is CCC(CNC(C)C)N1CCN(Cc2ccccc2)CC1. The molecule has 1 atom stereocenters. The van der Waals surface area contributed by atoms with Crippen LogP contribution in [0, 0.1) is 0 Å². The zero-order valence-corrected chi connectivity index (χ0v) is 13.9. The number of rotatable bonds is 7. The first-order valence-electron chi connectivity index (χ1n) is 8.42. The van der Waals surface area contributed by atoms with Gasteiger partial charge in [-0.3, -0.25) is 9.80 Å². The molecule has 3 heteroatoms. The van der Waals surface area contributed by atoms with E-state index in [0.29, 0.717) is 12.1 Å². The molecule has 0 saturated carbocycles. The molecule has 0 amide bonds. The molecule has 118 valence electrons. The highest BCUT2D eigenvalue weighted by atomic mass is 15.3. The molecule has 21 heavy (non-hydrogen) atoms. The van der Waals surface area contributed by atoms with Crippen LogP contribution in [0.15, 0.2) is 30.3 Å². The number of hydrogen-bond acceptors (Lipinski definition) is 3. The van der Waals surface area contributed by atoms with E-state index >= 15 is 0 Å². The van der Waals surface area contributed by atoms with Crippen LogP contribution in [0.2, 0.25) is 0 Å². The van der Waals surface area contributed by atoms with Crippen LogP contribution < -0.4 is 5.32 Å². The lowest BCUT2D eigenvalue weighted by Gasteiger charge is -2.39. The smallest absolute Gasteiger partial charge is 0.0234 e. The molecule has 1 saturated heterocycles. The fourth-order valence-electron chi connectivity index (χ4n) is 3.03. The second kappa shape index (κ2) is 8.52. The van der Waals surface area contributed by atoms with E-state index in [-0.39, 0.29) is 0 Å². The van der Waals surface area contributed by atoms with Crippen LogP contribution in [0.1, 0.15) is 32.8 Å². The van der Waals surface area contributed by atoms with Crippen molar-refractivity contribution in [3.8, 4) is 0 Å². The first kappa shape index (κ1) is 16.5.